The van der Waals surface area contributed by atoms with E-state index in [0.717, 1.165) is 0 Å². The fourth-order valence-corrected chi connectivity index (χ4v) is 3.68. The zero-order valence-electron chi connectivity index (χ0n) is 18.1. The van der Waals surface area contributed by atoms with Crippen LogP contribution in [0.4, 0.5) is 0 Å². The molecule has 0 saturated heterocycles. The summed E-state index contributed by atoms with van der Waals surface area (Å²) in [7, 11) is -1.10. The molecular formula is C21H20N6O6S. The van der Waals surface area contributed by atoms with Crippen molar-refractivity contribution < 1.29 is 27.6 Å². The predicted octanol–water partition coefficient (Wildman–Crippen LogP) is 1.84. The van der Waals surface area contributed by atoms with Crippen LogP contribution in [0.3, 0.4) is 0 Å². The summed E-state index contributed by atoms with van der Waals surface area (Å²) in [6.07, 6.45) is -0.239. The Kier molecular flexibility index (Phi) is 6.15. The topological polar surface area (TPSA) is 178 Å². The van der Waals surface area contributed by atoms with Gasteiger partial charge in [0.1, 0.15) is 17.1 Å². The summed E-state index contributed by atoms with van der Waals surface area (Å²) in [6.45, 7) is 0. The molecule has 2 aromatic heterocycles. The summed E-state index contributed by atoms with van der Waals surface area (Å²) in [5.74, 6) is 0.460. The zero-order chi connectivity index (χ0) is 24.5. The van der Waals surface area contributed by atoms with E-state index in [4.69, 9.17) is 14.3 Å². The second kappa shape index (κ2) is 9.05. The van der Waals surface area contributed by atoms with E-state index in [1.165, 1.54) is 19.2 Å². The van der Waals surface area contributed by atoms with Gasteiger partial charge in [-0.15, -0.1) is 0 Å². The van der Waals surface area contributed by atoms with Crippen molar-refractivity contribution in [3.05, 3.63) is 54.2 Å². The number of nitrogens with one attached hydrogen (secondary N) is 1. The quantitative estimate of drug-likeness (QED) is 0.261. The molecule has 12 nitrogen and oxygen atoms in total. The van der Waals surface area contributed by atoms with E-state index in [1.54, 1.807) is 43.5 Å². The third-order valence-electron chi connectivity index (χ3n) is 4.94. The number of H-pyrrole nitrogens is 1. The number of aromatic amines is 1. The normalized spacial score (nSPS) is 11.4. The minimum atomic E-state index is -3.87. The molecule has 0 aliphatic carbocycles. The van der Waals surface area contributed by atoms with Crippen molar-refractivity contribution in [3.8, 4) is 39.9 Å². The van der Waals surface area contributed by atoms with Crippen molar-refractivity contribution in [3.63, 3.8) is 0 Å². The van der Waals surface area contributed by atoms with Crippen molar-refractivity contribution in [2.75, 3.05) is 14.2 Å². The van der Waals surface area contributed by atoms with E-state index in [9.17, 15) is 18.4 Å². The number of sulfonamides is 1. The van der Waals surface area contributed by atoms with Crippen molar-refractivity contribution in [2.45, 2.75) is 11.3 Å². The molecule has 4 aromatic rings. The molecule has 0 saturated carbocycles. The highest BCUT2D eigenvalue weighted by Gasteiger charge is 2.24. The van der Waals surface area contributed by atoms with Gasteiger partial charge in [-0.2, -0.15) is 15.4 Å². The summed E-state index contributed by atoms with van der Waals surface area (Å²) in [6, 6.07) is 12.9. The number of hydrogen-bond acceptors (Lipinski definition) is 9. The molecule has 0 fully saturated rings. The molecule has 0 unspecified atom stereocenters. The van der Waals surface area contributed by atoms with Crippen LogP contribution in [0.15, 0.2) is 57.8 Å². The Morgan fingerprint density at radius 3 is 2.32 bits per heavy atom. The first-order valence-corrected chi connectivity index (χ1v) is 11.4. The number of primary sulfonamides is 1. The molecular weight excluding hydrogens is 464 g/mol. The van der Waals surface area contributed by atoms with Crippen LogP contribution in [-0.2, 0) is 21.2 Å². The van der Waals surface area contributed by atoms with Crippen molar-refractivity contribution >= 4 is 15.9 Å². The lowest BCUT2D eigenvalue weighted by molar-refractivity contribution is -0.158. The van der Waals surface area contributed by atoms with Gasteiger partial charge in [0.15, 0.2) is 11.5 Å². The van der Waals surface area contributed by atoms with Crippen LogP contribution in [-0.4, -0.2) is 59.1 Å². The second-order valence-corrected chi connectivity index (χ2v) is 8.77. The first-order chi connectivity index (χ1) is 16.2. The van der Waals surface area contributed by atoms with Gasteiger partial charge in [0.25, 0.3) is 5.91 Å². The molecule has 2 heterocycles. The number of amides is 1. The molecule has 2 aromatic carbocycles. The number of hydrogen-bond donors (Lipinski definition) is 3. The fourth-order valence-electron chi connectivity index (χ4n) is 3.16. The van der Waals surface area contributed by atoms with Gasteiger partial charge < -0.3 is 9.15 Å². The second-order valence-electron chi connectivity index (χ2n) is 7.21. The number of oxazole rings is 1. The molecule has 34 heavy (non-hydrogen) atoms. The Morgan fingerprint density at radius 1 is 1.09 bits per heavy atom. The van der Waals surface area contributed by atoms with Crippen LogP contribution < -0.4 is 9.88 Å². The molecule has 0 aliphatic heterocycles. The Labute approximate surface area is 194 Å². The van der Waals surface area contributed by atoms with E-state index in [-0.39, 0.29) is 28.6 Å². The maximum absolute atomic E-state index is 12.0. The molecule has 0 bridgehead atoms. The van der Waals surface area contributed by atoms with Crippen molar-refractivity contribution in [1.82, 2.24) is 25.5 Å². The van der Waals surface area contributed by atoms with Gasteiger partial charge in [-0.1, -0.05) is 0 Å². The number of aromatic nitrogens is 4. The average molecular weight is 484 g/mol. The number of benzene rings is 2. The van der Waals surface area contributed by atoms with Gasteiger partial charge in [0.05, 0.1) is 18.4 Å². The summed E-state index contributed by atoms with van der Waals surface area (Å²) in [5.41, 5.74) is 2.09. The minimum absolute atomic E-state index is 0.0487. The van der Waals surface area contributed by atoms with Crippen LogP contribution in [0, 0.1) is 0 Å². The maximum atomic E-state index is 12.0. The third kappa shape index (κ3) is 4.66. The standard InChI is InChI=1S/C21H20N6O6S/c1-27(29)17(28)11-16-19(25-26-24-16)21-23-18(12-3-7-14(32-2)8-4-12)20(33-21)13-5-9-15(10-6-13)34(22,30)31/h3-10,29H,11H2,1-2H3,(H2,22,30,31)(H,24,25,26). The average Bonchev–Trinajstić information content (AvgIpc) is 3.45. The first-order valence-electron chi connectivity index (χ1n) is 9.81. The SMILES string of the molecule is COc1ccc(-c2nc(-c3n[nH]nc3CC(=O)N(C)O)oc2-c2ccc(S(N)(=O)=O)cc2)cc1. The van der Waals surface area contributed by atoms with Crippen LogP contribution in [0.25, 0.3) is 34.2 Å². The first kappa shape index (κ1) is 23.1. The summed E-state index contributed by atoms with van der Waals surface area (Å²) >= 11 is 0. The Balaban J connectivity index is 1.83. The lowest BCUT2D eigenvalue weighted by atomic mass is 10.1. The number of methoxy groups -OCH3 is 1. The lowest BCUT2D eigenvalue weighted by Gasteiger charge is -2.06. The zero-order valence-corrected chi connectivity index (χ0v) is 18.9. The predicted molar refractivity (Wildman–Crippen MR) is 119 cm³/mol. The van der Waals surface area contributed by atoms with E-state index in [2.05, 4.69) is 20.4 Å². The van der Waals surface area contributed by atoms with Gasteiger partial charge >= 0.3 is 0 Å². The Bertz CT molecular complexity index is 1430. The van der Waals surface area contributed by atoms with Gasteiger partial charge in [0.2, 0.25) is 15.9 Å². The van der Waals surface area contributed by atoms with E-state index in [0.29, 0.717) is 33.4 Å². The Hall–Kier alpha value is -4.07. The lowest BCUT2D eigenvalue weighted by Crippen LogP contribution is -2.24. The maximum Gasteiger partial charge on any atom is 0.251 e. The number of rotatable bonds is 7. The fraction of sp³-hybridized carbons (Fsp3) is 0.143. The van der Waals surface area contributed by atoms with Crippen LogP contribution in [0.5, 0.6) is 5.75 Å². The van der Waals surface area contributed by atoms with E-state index >= 15 is 0 Å². The number of likely N-dealkylation sites (N-methyl/N-ethyl adjacent to an activating group) is 1. The van der Waals surface area contributed by atoms with E-state index < -0.39 is 15.9 Å². The molecule has 0 radical (unpaired) electrons. The number of carbonyl (C=O) groups excluding carboxylic acids is 1. The summed E-state index contributed by atoms with van der Waals surface area (Å²) < 4.78 is 34.5. The molecule has 4 N–H and O–H groups in total. The molecule has 0 aliphatic rings. The largest absolute Gasteiger partial charge is 0.497 e. The highest BCUT2D eigenvalue weighted by atomic mass is 32.2. The number of carbonyl (C=O) groups is 1. The smallest absolute Gasteiger partial charge is 0.251 e. The van der Waals surface area contributed by atoms with Crippen molar-refractivity contribution in [1.29, 1.82) is 0 Å². The van der Waals surface area contributed by atoms with Crippen LogP contribution >= 0.6 is 0 Å². The molecule has 13 heteroatoms. The molecule has 4 rings (SSSR count). The van der Waals surface area contributed by atoms with Crippen molar-refractivity contribution in [2.24, 2.45) is 5.14 Å². The van der Waals surface area contributed by atoms with Gasteiger partial charge in [0, 0.05) is 18.2 Å². The molecule has 176 valence electrons. The Morgan fingerprint density at radius 2 is 1.74 bits per heavy atom. The van der Waals surface area contributed by atoms with Gasteiger partial charge in [-0.3, -0.25) is 10.0 Å². The van der Waals surface area contributed by atoms with Crippen LogP contribution in [0.1, 0.15) is 5.69 Å². The molecule has 0 spiro atoms. The summed E-state index contributed by atoms with van der Waals surface area (Å²) in [4.78, 5) is 16.5. The highest BCUT2D eigenvalue weighted by Crippen LogP contribution is 2.37. The van der Waals surface area contributed by atoms with Crippen LogP contribution in [0.2, 0.25) is 0 Å². The number of nitrogens with zero attached hydrogens (tertiary/aromatic N) is 4. The van der Waals surface area contributed by atoms with Gasteiger partial charge in [-0.25, -0.2) is 23.6 Å². The monoisotopic (exact) mass is 484 g/mol. The highest BCUT2D eigenvalue weighted by molar-refractivity contribution is 7.89. The summed E-state index contributed by atoms with van der Waals surface area (Å²) in [5, 5.41) is 25.5. The molecule has 1 amide bonds. The third-order valence-corrected chi connectivity index (χ3v) is 5.87. The molecule has 0 atom stereocenters. The number of nitrogens with two attached hydrogens (primary N) is 1. The van der Waals surface area contributed by atoms with Gasteiger partial charge in [-0.05, 0) is 48.5 Å². The number of hydroxylamine groups is 2. The minimum Gasteiger partial charge on any atom is -0.497 e. The number of ether oxygens (including phenoxy) is 1. The van der Waals surface area contributed by atoms with E-state index in [1.807, 2.05) is 0 Å².